The summed E-state index contributed by atoms with van der Waals surface area (Å²) < 4.78 is 0. The van der Waals surface area contributed by atoms with Gasteiger partial charge in [0, 0.05) is 7.05 Å². The number of nitrogens with zero attached hydrogens (tertiary/aromatic N) is 2. The molecule has 0 unspecified atom stereocenters. The van der Waals surface area contributed by atoms with Gasteiger partial charge in [0.15, 0.2) is 0 Å². The Labute approximate surface area is 101 Å². The summed E-state index contributed by atoms with van der Waals surface area (Å²) in [5.74, 6) is -0.160. The maximum absolute atomic E-state index is 11.9. The standard InChI is InChI=1S/C13H16N2O2/c1-8-5-9(2)12(10(3)6-8)15-11(16)7-14(4)13(15)17/h5-6H,7H2,1-4H3. The van der Waals surface area contributed by atoms with Crippen molar-refractivity contribution in [3.05, 3.63) is 28.8 Å². The van der Waals surface area contributed by atoms with Gasteiger partial charge in [-0.05, 0) is 31.9 Å². The topological polar surface area (TPSA) is 40.6 Å². The lowest BCUT2D eigenvalue weighted by atomic mass is 10.0. The zero-order valence-electron chi connectivity index (χ0n) is 10.6. The van der Waals surface area contributed by atoms with Crippen LogP contribution in [0.5, 0.6) is 0 Å². The Morgan fingerprint density at radius 3 is 2.00 bits per heavy atom. The van der Waals surface area contributed by atoms with Crippen LogP contribution in [-0.2, 0) is 4.79 Å². The predicted molar refractivity (Wildman–Crippen MR) is 66.2 cm³/mol. The molecule has 1 aromatic carbocycles. The van der Waals surface area contributed by atoms with Gasteiger partial charge in [-0.3, -0.25) is 4.79 Å². The lowest BCUT2D eigenvalue weighted by molar-refractivity contribution is -0.116. The Balaban J connectivity index is 2.55. The molecular formula is C13H16N2O2. The van der Waals surface area contributed by atoms with E-state index in [0.29, 0.717) is 0 Å². The molecule has 17 heavy (non-hydrogen) atoms. The largest absolute Gasteiger partial charge is 0.331 e. The van der Waals surface area contributed by atoms with E-state index in [9.17, 15) is 9.59 Å². The third-order valence-corrected chi connectivity index (χ3v) is 3.00. The number of aryl methyl sites for hydroxylation is 3. The van der Waals surface area contributed by atoms with Crippen LogP contribution in [0.1, 0.15) is 16.7 Å². The number of hydrogen-bond acceptors (Lipinski definition) is 2. The molecule has 0 radical (unpaired) electrons. The highest BCUT2D eigenvalue weighted by Crippen LogP contribution is 2.29. The molecule has 90 valence electrons. The summed E-state index contributed by atoms with van der Waals surface area (Å²) in [6, 6.07) is 3.73. The Morgan fingerprint density at radius 1 is 1.06 bits per heavy atom. The van der Waals surface area contributed by atoms with Crippen molar-refractivity contribution in [3.8, 4) is 0 Å². The van der Waals surface area contributed by atoms with Gasteiger partial charge in [0.1, 0.15) is 6.54 Å². The Morgan fingerprint density at radius 2 is 1.59 bits per heavy atom. The predicted octanol–water partition coefficient (Wildman–Crippen LogP) is 2.01. The first-order chi connectivity index (χ1) is 7.91. The zero-order valence-corrected chi connectivity index (χ0v) is 10.6. The lowest BCUT2D eigenvalue weighted by Gasteiger charge is -2.19. The summed E-state index contributed by atoms with van der Waals surface area (Å²) in [5.41, 5.74) is 3.78. The Bertz CT molecular complexity index is 485. The van der Waals surface area contributed by atoms with E-state index in [1.165, 1.54) is 9.80 Å². The maximum atomic E-state index is 11.9. The van der Waals surface area contributed by atoms with E-state index < -0.39 is 0 Å². The molecule has 3 amide bonds. The zero-order chi connectivity index (χ0) is 12.7. The molecule has 1 aromatic rings. The molecule has 1 heterocycles. The SMILES string of the molecule is Cc1cc(C)c(N2C(=O)CN(C)C2=O)c(C)c1. The molecule has 0 aromatic heterocycles. The van der Waals surface area contributed by atoms with Crippen LogP contribution in [0, 0.1) is 20.8 Å². The monoisotopic (exact) mass is 232 g/mol. The normalized spacial score (nSPS) is 16.0. The molecule has 0 aliphatic carbocycles. The van der Waals surface area contributed by atoms with Crippen LogP contribution in [0.3, 0.4) is 0 Å². The highest BCUT2D eigenvalue weighted by Gasteiger charge is 2.36. The van der Waals surface area contributed by atoms with Crippen LogP contribution in [0.25, 0.3) is 0 Å². The number of carbonyl (C=O) groups is 2. The van der Waals surface area contributed by atoms with E-state index in [0.717, 1.165) is 22.4 Å². The van der Waals surface area contributed by atoms with Crippen molar-refractivity contribution in [3.63, 3.8) is 0 Å². The van der Waals surface area contributed by atoms with Crippen molar-refractivity contribution in [1.29, 1.82) is 0 Å². The summed E-state index contributed by atoms with van der Waals surface area (Å²) in [6.45, 7) is 6.01. The first-order valence-corrected chi connectivity index (χ1v) is 5.57. The smallest absolute Gasteiger partial charge is 0.318 e. The molecule has 2 rings (SSSR count). The number of imide groups is 1. The minimum absolute atomic E-state index is 0.158. The molecule has 0 atom stereocenters. The van der Waals surface area contributed by atoms with Gasteiger partial charge in [0.2, 0.25) is 0 Å². The quantitative estimate of drug-likeness (QED) is 0.695. The van der Waals surface area contributed by atoms with Crippen molar-refractivity contribution in [2.75, 3.05) is 18.5 Å². The van der Waals surface area contributed by atoms with Crippen LogP contribution < -0.4 is 4.90 Å². The minimum Gasteiger partial charge on any atom is -0.318 e. The average Bonchev–Trinajstić information content (AvgIpc) is 2.43. The molecule has 1 saturated heterocycles. The molecule has 0 bridgehead atoms. The van der Waals surface area contributed by atoms with Gasteiger partial charge in [0.25, 0.3) is 5.91 Å². The van der Waals surface area contributed by atoms with Crippen LogP contribution in [0.15, 0.2) is 12.1 Å². The van der Waals surface area contributed by atoms with Crippen LogP contribution in [-0.4, -0.2) is 30.4 Å². The van der Waals surface area contributed by atoms with E-state index >= 15 is 0 Å². The summed E-state index contributed by atoms with van der Waals surface area (Å²) in [5, 5.41) is 0. The van der Waals surface area contributed by atoms with Gasteiger partial charge in [-0.2, -0.15) is 0 Å². The number of carbonyl (C=O) groups excluding carboxylic acids is 2. The molecular weight excluding hydrogens is 216 g/mol. The van der Waals surface area contributed by atoms with E-state index in [1.54, 1.807) is 7.05 Å². The Kier molecular flexibility index (Phi) is 2.65. The van der Waals surface area contributed by atoms with Gasteiger partial charge in [-0.1, -0.05) is 17.7 Å². The number of hydrogen-bond donors (Lipinski definition) is 0. The second-order valence-electron chi connectivity index (χ2n) is 4.62. The highest BCUT2D eigenvalue weighted by molar-refractivity contribution is 6.20. The maximum Gasteiger partial charge on any atom is 0.331 e. The van der Waals surface area contributed by atoms with Crippen molar-refractivity contribution >= 4 is 17.6 Å². The first kappa shape index (κ1) is 11.6. The van der Waals surface area contributed by atoms with E-state index in [1.807, 2.05) is 32.9 Å². The fraction of sp³-hybridized carbons (Fsp3) is 0.385. The average molecular weight is 232 g/mol. The number of amides is 3. The summed E-state index contributed by atoms with van der Waals surface area (Å²) in [4.78, 5) is 26.5. The van der Waals surface area contributed by atoms with Crippen molar-refractivity contribution in [2.45, 2.75) is 20.8 Å². The molecule has 1 fully saturated rings. The molecule has 4 nitrogen and oxygen atoms in total. The van der Waals surface area contributed by atoms with Gasteiger partial charge in [0.05, 0.1) is 5.69 Å². The molecule has 1 aliphatic rings. The summed E-state index contributed by atoms with van der Waals surface area (Å²) >= 11 is 0. The van der Waals surface area contributed by atoms with Gasteiger partial charge < -0.3 is 4.90 Å². The number of urea groups is 1. The highest BCUT2D eigenvalue weighted by atomic mass is 16.2. The number of likely N-dealkylation sites (N-methyl/N-ethyl adjacent to an activating group) is 1. The molecule has 1 aliphatic heterocycles. The first-order valence-electron chi connectivity index (χ1n) is 5.57. The molecule has 0 saturated carbocycles. The second kappa shape index (κ2) is 3.87. The van der Waals surface area contributed by atoms with E-state index in [2.05, 4.69) is 0 Å². The van der Waals surface area contributed by atoms with Crippen molar-refractivity contribution in [2.24, 2.45) is 0 Å². The van der Waals surface area contributed by atoms with E-state index in [4.69, 9.17) is 0 Å². The number of rotatable bonds is 1. The van der Waals surface area contributed by atoms with Gasteiger partial charge >= 0.3 is 6.03 Å². The van der Waals surface area contributed by atoms with Gasteiger partial charge in [-0.15, -0.1) is 0 Å². The van der Waals surface area contributed by atoms with Crippen molar-refractivity contribution in [1.82, 2.24) is 4.90 Å². The second-order valence-corrected chi connectivity index (χ2v) is 4.62. The van der Waals surface area contributed by atoms with Crippen LogP contribution in [0.2, 0.25) is 0 Å². The summed E-state index contributed by atoms with van der Waals surface area (Å²) in [6.07, 6.45) is 0. The fourth-order valence-corrected chi connectivity index (χ4v) is 2.36. The summed E-state index contributed by atoms with van der Waals surface area (Å²) in [7, 11) is 1.64. The third-order valence-electron chi connectivity index (χ3n) is 3.00. The van der Waals surface area contributed by atoms with E-state index in [-0.39, 0.29) is 18.5 Å². The van der Waals surface area contributed by atoms with Crippen LogP contribution >= 0.6 is 0 Å². The van der Waals surface area contributed by atoms with Crippen molar-refractivity contribution < 1.29 is 9.59 Å². The van der Waals surface area contributed by atoms with Gasteiger partial charge in [-0.25, -0.2) is 9.69 Å². The van der Waals surface area contributed by atoms with Crippen LogP contribution in [0.4, 0.5) is 10.5 Å². The lowest BCUT2D eigenvalue weighted by Crippen LogP contribution is -2.32. The molecule has 0 N–H and O–H groups in total. The minimum atomic E-state index is -0.245. The molecule has 0 spiro atoms. The number of benzene rings is 1. The number of anilines is 1. The fourth-order valence-electron chi connectivity index (χ4n) is 2.36. The molecule has 4 heteroatoms. The Hall–Kier alpha value is -1.84. The third kappa shape index (κ3) is 1.79.